The lowest BCUT2D eigenvalue weighted by molar-refractivity contribution is -0.120. The molecule has 3 aromatic rings. The highest BCUT2D eigenvalue weighted by atomic mass is 35.5. The zero-order chi connectivity index (χ0) is 17.6. The van der Waals surface area contributed by atoms with Crippen LogP contribution in [0.15, 0.2) is 29.3 Å². The first-order valence-electron chi connectivity index (χ1n) is 8.47. The summed E-state index contributed by atoms with van der Waals surface area (Å²) in [5.41, 5.74) is 4.62. The van der Waals surface area contributed by atoms with Gasteiger partial charge >= 0.3 is 0 Å². The van der Waals surface area contributed by atoms with E-state index in [-0.39, 0.29) is 12.3 Å². The molecule has 130 valence electrons. The van der Waals surface area contributed by atoms with Crippen LogP contribution < -0.4 is 5.32 Å². The maximum Gasteiger partial charge on any atom is 0.224 e. The Balaban J connectivity index is 1.48. The summed E-state index contributed by atoms with van der Waals surface area (Å²) in [5, 5.41) is 4.65. The van der Waals surface area contributed by atoms with Crippen LogP contribution in [0.2, 0.25) is 5.02 Å². The van der Waals surface area contributed by atoms with Gasteiger partial charge in [0.25, 0.3) is 0 Å². The molecule has 0 atom stereocenters. The van der Waals surface area contributed by atoms with Crippen molar-refractivity contribution in [3.63, 3.8) is 0 Å². The van der Waals surface area contributed by atoms with E-state index in [9.17, 15) is 4.79 Å². The molecule has 0 bridgehead atoms. The van der Waals surface area contributed by atoms with Crippen molar-refractivity contribution in [2.24, 2.45) is 0 Å². The minimum atomic E-state index is -0.0395. The average Bonchev–Trinajstić information content (AvgIpc) is 3.19. The van der Waals surface area contributed by atoms with Crippen molar-refractivity contribution < 1.29 is 9.21 Å². The molecule has 1 amide bonds. The van der Waals surface area contributed by atoms with Crippen LogP contribution in [0.3, 0.4) is 0 Å². The molecule has 5 nitrogen and oxygen atoms in total. The Morgan fingerprint density at radius 3 is 3.00 bits per heavy atom. The summed E-state index contributed by atoms with van der Waals surface area (Å²) >= 11 is 6.35. The number of halogens is 1. The fraction of sp³-hybridized carbons (Fsp3) is 0.368. The second kappa shape index (κ2) is 6.23. The first-order chi connectivity index (χ1) is 12.0. The molecule has 1 saturated carbocycles. The molecule has 0 radical (unpaired) electrons. The number of amides is 1. The van der Waals surface area contributed by atoms with E-state index >= 15 is 0 Å². The van der Waals surface area contributed by atoms with Gasteiger partial charge in [0.15, 0.2) is 0 Å². The van der Waals surface area contributed by atoms with E-state index in [4.69, 9.17) is 16.0 Å². The predicted molar refractivity (Wildman–Crippen MR) is 96.7 cm³/mol. The highest BCUT2D eigenvalue weighted by Gasteiger charge is 2.25. The van der Waals surface area contributed by atoms with E-state index in [0.717, 1.165) is 38.4 Å². The smallest absolute Gasteiger partial charge is 0.224 e. The molecule has 1 aliphatic carbocycles. The number of imidazole rings is 1. The van der Waals surface area contributed by atoms with Gasteiger partial charge in [0, 0.05) is 28.2 Å². The summed E-state index contributed by atoms with van der Waals surface area (Å²) in [6, 6.07) is 2.47. The van der Waals surface area contributed by atoms with Gasteiger partial charge in [-0.25, -0.2) is 4.98 Å². The molecule has 4 rings (SSSR count). The molecule has 0 aliphatic heterocycles. The van der Waals surface area contributed by atoms with E-state index in [2.05, 4.69) is 14.9 Å². The summed E-state index contributed by atoms with van der Waals surface area (Å²) in [6.45, 7) is 4.40. The fourth-order valence-electron chi connectivity index (χ4n) is 3.31. The summed E-state index contributed by atoms with van der Waals surface area (Å²) in [7, 11) is 0. The molecule has 2 aromatic heterocycles. The van der Waals surface area contributed by atoms with E-state index in [0.29, 0.717) is 12.6 Å². The topological polar surface area (TPSA) is 60.1 Å². The SMILES string of the molecule is Cc1cc2occ(CC(=O)NCc3cncn3C3CC3)c2c(C)c1Cl. The molecule has 0 saturated heterocycles. The number of fused-ring (bicyclic) bond motifs is 1. The van der Waals surface area contributed by atoms with E-state index < -0.39 is 0 Å². The van der Waals surface area contributed by atoms with Crippen LogP contribution in [0, 0.1) is 13.8 Å². The molecule has 1 fully saturated rings. The third-order valence-corrected chi connectivity index (χ3v) is 5.38. The molecule has 0 spiro atoms. The van der Waals surface area contributed by atoms with Crippen LogP contribution in [0.1, 0.15) is 41.3 Å². The number of nitrogens with one attached hydrogen (secondary N) is 1. The lowest BCUT2D eigenvalue weighted by atomic mass is 10.0. The number of furan rings is 1. The number of hydrogen-bond acceptors (Lipinski definition) is 3. The molecule has 1 N–H and O–H groups in total. The Morgan fingerprint density at radius 2 is 2.24 bits per heavy atom. The standard InChI is InChI=1S/C19H20ClN3O2/c1-11-5-16-18(12(2)19(11)20)13(9-25-16)6-17(24)22-8-15-7-21-10-23(15)14-3-4-14/h5,7,9-10,14H,3-4,6,8H2,1-2H3,(H,22,24). The highest BCUT2D eigenvalue weighted by molar-refractivity contribution is 6.33. The van der Waals surface area contributed by atoms with E-state index in [1.165, 1.54) is 12.8 Å². The van der Waals surface area contributed by atoms with E-state index in [1.54, 1.807) is 6.26 Å². The largest absolute Gasteiger partial charge is 0.464 e. The number of carbonyl (C=O) groups is 1. The second-order valence-electron chi connectivity index (χ2n) is 6.74. The number of hydrogen-bond donors (Lipinski definition) is 1. The van der Waals surface area contributed by atoms with Gasteiger partial charge in [0.2, 0.25) is 5.91 Å². The summed E-state index contributed by atoms with van der Waals surface area (Å²) in [4.78, 5) is 16.6. The molecule has 1 aromatic carbocycles. The maximum atomic E-state index is 12.4. The average molecular weight is 358 g/mol. The third-order valence-electron chi connectivity index (χ3n) is 4.80. The Labute approximate surface area is 151 Å². The molecule has 6 heteroatoms. The number of benzene rings is 1. The fourth-order valence-corrected chi connectivity index (χ4v) is 3.46. The second-order valence-corrected chi connectivity index (χ2v) is 7.12. The van der Waals surface area contributed by atoms with Crippen molar-refractivity contribution >= 4 is 28.5 Å². The third kappa shape index (κ3) is 3.04. The van der Waals surface area contributed by atoms with Crippen molar-refractivity contribution in [3.05, 3.63) is 52.3 Å². The monoisotopic (exact) mass is 357 g/mol. The lowest BCUT2D eigenvalue weighted by Gasteiger charge is -2.09. The molecule has 0 unspecified atom stereocenters. The number of aromatic nitrogens is 2. The summed E-state index contributed by atoms with van der Waals surface area (Å²) in [5.74, 6) is -0.0395. The molecular weight excluding hydrogens is 338 g/mol. The Morgan fingerprint density at radius 1 is 1.44 bits per heavy atom. The summed E-state index contributed by atoms with van der Waals surface area (Å²) < 4.78 is 7.78. The van der Waals surface area contributed by atoms with Crippen molar-refractivity contribution in [1.82, 2.24) is 14.9 Å². The molecule has 25 heavy (non-hydrogen) atoms. The molecule has 2 heterocycles. The number of nitrogens with zero attached hydrogens (tertiary/aromatic N) is 2. The highest BCUT2D eigenvalue weighted by Crippen LogP contribution is 2.35. The zero-order valence-corrected chi connectivity index (χ0v) is 15.1. The van der Waals surface area contributed by atoms with Gasteiger partial charge in [-0.05, 0) is 43.9 Å². The predicted octanol–water partition coefficient (Wildman–Crippen LogP) is 4.09. The molecular formula is C19H20ClN3O2. The number of carbonyl (C=O) groups excluding carboxylic acids is 1. The van der Waals surface area contributed by atoms with Crippen molar-refractivity contribution in [2.75, 3.05) is 0 Å². The van der Waals surface area contributed by atoms with Gasteiger partial charge in [-0.15, -0.1) is 0 Å². The lowest BCUT2D eigenvalue weighted by Crippen LogP contribution is -2.25. The van der Waals surface area contributed by atoms with Crippen LogP contribution in [-0.2, 0) is 17.8 Å². The Hall–Kier alpha value is -2.27. The maximum absolute atomic E-state index is 12.4. The quantitative estimate of drug-likeness (QED) is 0.748. The Bertz CT molecular complexity index is 953. The van der Waals surface area contributed by atoms with Crippen LogP contribution in [0.25, 0.3) is 11.0 Å². The Kier molecular flexibility index (Phi) is 4.04. The normalized spacial score (nSPS) is 14.2. The van der Waals surface area contributed by atoms with Gasteiger partial charge < -0.3 is 14.3 Å². The van der Waals surface area contributed by atoms with Gasteiger partial charge in [-0.1, -0.05) is 11.6 Å². The van der Waals surface area contributed by atoms with Crippen LogP contribution in [0.5, 0.6) is 0 Å². The van der Waals surface area contributed by atoms with Crippen LogP contribution in [0.4, 0.5) is 0 Å². The molecule has 1 aliphatic rings. The minimum absolute atomic E-state index is 0.0395. The number of aryl methyl sites for hydroxylation is 2. The number of rotatable bonds is 5. The van der Waals surface area contributed by atoms with Crippen molar-refractivity contribution in [3.8, 4) is 0 Å². The first-order valence-corrected chi connectivity index (χ1v) is 8.85. The van der Waals surface area contributed by atoms with Gasteiger partial charge in [-0.3, -0.25) is 4.79 Å². The van der Waals surface area contributed by atoms with Crippen LogP contribution >= 0.6 is 11.6 Å². The first kappa shape index (κ1) is 16.2. The van der Waals surface area contributed by atoms with Gasteiger partial charge in [0.1, 0.15) is 5.58 Å². The minimum Gasteiger partial charge on any atom is -0.464 e. The summed E-state index contributed by atoms with van der Waals surface area (Å²) in [6.07, 6.45) is 7.97. The van der Waals surface area contributed by atoms with Crippen LogP contribution in [-0.4, -0.2) is 15.5 Å². The van der Waals surface area contributed by atoms with Gasteiger partial charge in [0.05, 0.1) is 31.2 Å². The zero-order valence-electron chi connectivity index (χ0n) is 14.3. The van der Waals surface area contributed by atoms with E-state index in [1.807, 2.05) is 32.4 Å². The van der Waals surface area contributed by atoms with Crippen molar-refractivity contribution in [1.29, 1.82) is 0 Å². The van der Waals surface area contributed by atoms with Crippen molar-refractivity contribution in [2.45, 2.75) is 45.7 Å². The van der Waals surface area contributed by atoms with Gasteiger partial charge in [-0.2, -0.15) is 0 Å².